The highest BCUT2D eigenvalue weighted by Gasteiger charge is 2.22. The van der Waals surface area contributed by atoms with Gasteiger partial charge in [0.05, 0.1) is 39.0 Å². The van der Waals surface area contributed by atoms with Gasteiger partial charge in [-0.25, -0.2) is 15.0 Å². The number of aromatic nitrogens is 5. The predicted octanol–water partition coefficient (Wildman–Crippen LogP) is 13.3. The molecule has 0 aliphatic carbocycles. The van der Waals surface area contributed by atoms with Crippen molar-refractivity contribution >= 4 is 60.2 Å². The van der Waals surface area contributed by atoms with Crippen molar-refractivity contribution in [3.05, 3.63) is 200 Å². The normalized spacial score (nSPS) is 11.8. The SMILES string of the molecule is c1ccc(-c2cccc(-c3cc(-c4cccc(-c5ccccc5)c4)nc(-n4c5ccccc5c5c4ccc4c6ccccc6c6nc7ccccc7n6c45)n3)c2)cc1. The van der Waals surface area contributed by atoms with Crippen LogP contribution in [0.1, 0.15) is 0 Å². The molecule has 58 heavy (non-hydrogen) atoms. The minimum Gasteiger partial charge on any atom is -0.291 e. The van der Waals surface area contributed by atoms with Crippen LogP contribution in [0.4, 0.5) is 0 Å². The van der Waals surface area contributed by atoms with E-state index in [0.717, 1.165) is 94.2 Å². The molecule has 4 aromatic heterocycles. The summed E-state index contributed by atoms with van der Waals surface area (Å²) >= 11 is 0. The molecule has 12 rings (SSSR count). The van der Waals surface area contributed by atoms with Crippen molar-refractivity contribution in [2.24, 2.45) is 0 Å². The zero-order valence-electron chi connectivity index (χ0n) is 31.3. The summed E-state index contributed by atoms with van der Waals surface area (Å²) in [7, 11) is 0. The van der Waals surface area contributed by atoms with Crippen LogP contribution >= 0.6 is 0 Å². The molecule has 0 N–H and O–H groups in total. The highest BCUT2D eigenvalue weighted by atomic mass is 15.2. The number of benzene rings is 8. The molecule has 270 valence electrons. The summed E-state index contributed by atoms with van der Waals surface area (Å²) < 4.78 is 4.61. The number of imidazole rings is 1. The molecule has 4 heterocycles. The summed E-state index contributed by atoms with van der Waals surface area (Å²) in [5.41, 5.74) is 14.5. The van der Waals surface area contributed by atoms with Crippen molar-refractivity contribution in [3.63, 3.8) is 0 Å². The van der Waals surface area contributed by atoms with Crippen molar-refractivity contribution in [1.82, 2.24) is 23.9 Å². The number of nitrogens with zero attached hydrogens (tertiary/aromatic N) is 5. The number of rotatable bonds is 5. The van der Waals surface area contributed by atoms with Crippen LogP contribution in [-0.4, -0.2) is 23.9 Å². The number of hydrogen-bond acceptors (Lipinski definition) is 3. The van der Waals surface area contributed by atoms with Crippen LogP contribution in [0.5, 0.6) is 0 Å². The Hall–Kier alpha value is -7.89. The Labute approximate surface area is 333 Å². The number of para-hydroxylation sites is 3. The Kier molecular flexibility index (Phi) is 7.16. The molecule has 5 nitrogen and oxygen atoms in total. The van der Waals surface area contributed by atoms with E-state index in [1.54, 1.807) is 0 Å². The van der Waals surface area contributed by atoms with Gasteiger partial charge >= 0.3 is 0 Å². The maximum Gasteiger partial charge on any atom is 0.235 e. The van der Waals surface area contributed by atoms with E-state index in [1.807, 2.05) is 0 Å². The van der Waals surface area contributed by atoms with E-state index in [0.29, 0.717) is 5.95 Å². The average molecular weight is 740 g/mol. The molecule has 0 atom stereocenters. The van der Waals surface area contributed by atoms with Crippen molar-refractivity contribution in [3.8, 4) is 50.7 Å². The first-order valence-corrected chi connectivity index (χ1v) is 19.6. The van der Waals surface area contributed by atoms with E-state index in [-0.39, 0.29) is 0 Å². The van der Waals surface area contributed by atoms with Gasteiger partial charge < -0.3 is 0 Å². The van der Waals surface area contributed by atoms with Crippen LogP contribution in [0.15, 0.2) is 200 Å². The Morgan fingerprint density at radius 3 is 1.53 bits per heavy atom. The maximum absolute atomic E-state index is 5.45. The molecule has 0 fully saturated rings. The smallest absolute Gasteiger partial charge is 0.235 e. The van der Waals surface area contributed by atoms with Crippen LogP contribution in [0.2, 0.25) is 0 Å². The second kappa shape index (κ2) is 12.8. The van der Waals surface area contributed by atoms with Crippen molar-refractivity contribution < 1.29 is 0 Å². The first-order chi connectivity index (χ1) is 28.8. The van der Waals surface area contributed by atoms with Gasteiger partial charge in [0, 0.05) is 32.7 Å². The zero-order valence-corrected chi connectivity index (χ0v) is 31.3. The fourth-order valence-electron chi connectivity index (χ4n) is 8.86. The molecule has 0 radical (unpaired) electrons. The van der Waals surface area contributed by atoms with E-state index < -0.39 is 0 Å². The van der Waals surface area contributed by atoms with Crippen molar-refractivity contribution in [2.75, 3.05) is 0 Å². The molecule has 0 saturated carbocycles. The van der Waals surface area contributed by atoms with Gasteiger partial charge in [0.2, 0.25) is 5.95 Å². The monoisotopic (exact) mass is 739 g/mol. The van der Waals surface area contributed by atoms with E-state index in [4.69, 9.17) is 15.0 Å². The van der Waals surface area contributed by atoms with E-state index in [9.17, 15) is 0 Å². The molecule has 8 aromatic carbocycles. The summed E-state index contributed by atoms with van der Waals surface area (Å²) in [6.07, 6.45) is 0. The average Bonchev–Trinajstić information content (AvgIpc) is 3.86. The van der Waals surface area contributed by atoms with Crippen LogP contribution in [0.25, 0.3) is 111 Å². The lowest BCUT2D eigenvalue weighted by Gasteiger charge is -2.14. The number of pyridine rings is 1. The summed E-state index contributed by atoms with van der Waals surface area (Å²) in [6, 6.07) is 70.7. The maximum atomic E-state index is 5.45. The highest BCUT2D eigenvalue weighted by molar-refractivity contribution is 6.26. The van der Waals surface area contributed by atoms with E-state index >= 15 is 0 Å². The lowest BCUT2D eigenvalue weighted by atomic mass is 9.99. The van der Waals surface area contributed by atoms with Crippen LogP contribution in [-0.2, 0) is 0 Å². The molecule has 12 aromatic rings. The fourth-order valence-corrected chi connectivity index (χ4v) is 8.86. The van der Waals surface area contributed by atoms with Gasteiger partial charge in [0.25, 0.3) is 0 Å². The van der Waals surface area contributed by atoms with Crippen molar-refractivity contribution in [1.29, 1.82) is 0 Å². The summed E-state index contributed by atoms with van der Waals surface area (Å²) in [5.74, 6) is 0.612. The van der Waals surface area contributed by atoms with Gasteiger partial charge in [0.15, 0.2) is 0 Å². The molecular weight excluding hydrogens is 707 g/mol. The Bertz CT molecular complexity index is 3460. The molecule has 5 heteroatoms. The second-order valence-corrected chi connectivity index (χ2v) is 14.8. The topological polar surface area (TPSA) is 48.0 Å². The standard InChI is InChI=1S/C53H33N5/c1-3-15-34(16-4-1)36-19-13-21-38(31-36)45-33-46(39-22-14-20-37(32-39)35-17-5-2-6-18-35)56-53(55-45)57-47-27-11-9-25-43(47)50-49(57)30-29-41-40-23-7-8-24-42(40)52-54-44-26-10-12-28-48(44)58(52)51(41)50/h1-33H. The van der Waals surface area contributed by atoms with Gasteiger partial charge in [-0.1, -0.05) is 158 Å². The zero-order chi connectivity index (χ0) is 38.2. The molecule has 0 amide bonds. The summed E-state index contributed by atoms with van der Waals surface area (Å²) in [6.45, 7) is 0. The van der Waals surface area contributed by atoms with E-state index in [2.05, 4.69) is 209 Å². The number of fused-ring (bicyclic) bond motifs is 12. The van der Waals surface area contributed by atoms with Gasteiger partial charge in [-0.3, -0.25) is 8.97 Å². The third kappa shape index (κ3) is 5.00. The lowest BCUT2D eigenvalue weighted by molar-refractivity contribution is 0.996. The molecule has 0 unspecified atom stereocenters. The van der Waals surface area contributed by atoms with Gasteiger partial charge in [-0.05, 0) is 70.1 Å². The fraction of sp³-hybridized carbons (Fsp3) is 0. The Morgan fingerprint density at radius 1 is 0.328 bits per heavy atom. The van der Waals surface area contributed by atoms with Gasteiger partial charge in [-0.2, -0.15) is 0 Å². The second-order valence-electron chi connectivity index (χ2n) is 14.8. The first kappa shape index (κ1) is 32.4. The number of hydrogen-bond donors (Lipinski definition) is 0. The summed E-state index contributed by atoms with van der Waals surface area (Å²) in [5, 5.41) is 5.75. The van der Waals surface area contributed by atoms with Crippen LogP contribution < -0.4 is 0 Å². The minimum absolute atomic E-state index is 0.612. The van der Waals surface area contributed by atoms with E-state index in [1.165, 1.54) is 10.8 Å². The molecule has 0 bridgehead atoms. The first-order valence-electron chi connectivity index (χ1n) is 19.6. The molecular formula is C53H33N5. The third-order valence-corrected chi connectivity index (χ3v) is 11.5. The predicted molar refractivity (Wildman–Crippen MR) is 239 cm³/mol. The highest BCUT2D eigenvalue weighted by Crippen LogP contribution is 2.41. The molecule has 0 saturated heterocycles. The molecule has 0 aliphatic rings. The van der Waals surface area contributed by atoms with Crippen molar-refractivity contribution in [2.45, 2.75) is 0 Å². The quantitative estimate of drug-likeness (QED) is 0.165. The van der Waals surface area contributed by atoms with Gasteiger partial charge in [-0.15, -0.1) is 0 Å². The largest absolute Gasteiger partial charge is 0.291 e. The Balaban J connectivity index is 1.18. The third-order valence-electron chi connectivity index (χ3n) is 11.5. The summed E-state index contributed by atoms with van der Waals surface area (Å²) in [4.78, 5) is 16.1. The minimum atomic E-state index is 0.612. The Morgan fingerprint density at radius 2 is 0.862 bits per heavy atom. The van der Waals surface area contributed by atoms with Crippen LogP contribution in [0.3, 0.4) is 0 Å². The molecule has 0 spiro atoms. The van der Waals surface area contributed by atoms with Crippen LogP contribution in [0, 0.1) is 0 Å². The molecule has 0 aliphatic heterocycles. The van der Waals surface area contributed by atoms with Gasteiger partial charge in [0.1, 0.15) is 5.65 Å². The lowest BCUT2D eigenvalue weighted by Crippen LogP contribution is -2.04.